The third kappa shape index (κ3) is 2.37. The summed E-state index contributed by atoms with van der Waals surface area (Å²) in [5.74, 6) is -0.521. The van der Waals surface area contributed by atoms with Crippen molar-refractivity contribution < 1.29 is 17.9 Å². The molecule has 0 saturated heterocycles. The number of carbonyl (C=O) groups is 1. The number of sulfonamides is 1. The zero-order chi connectivity index (χ0) is 15.9. The van der Waals surface area contributed by atoms with Crippen molar-refractivity contribution in [3.63, 3.8) is 0 Å². The monoisotopic (exact) mass is 340 g/mol. The quantitative estimate of drug-likeness (QED) is 0.803. The molecule has 2 aromatic rings. The molecule has 3 heterocycles. The van der Waals surface area contributed by atoms with Crippen molar-refractivity contribution in [2.45, 2.75) is 23.7 Å². The predicted molar refractivity (Wildman–Crippen MR) is 82.4 cm³/mol. The Morgan fingerprint density at radius 3 is 2.82 bits per heavy atom. The van der Waals surface area contributed by atoms with E-state index in [1.807, 2.05) is 25.3 Å². The van der Waals surface area contributed by atoms with Gasteiger partial charge in [-0.05, 0) is 31.2 Å². The van der Waals surface area contributed by atoms with Crippen LogP contribution in [0.5, 0.6) is 0 Å². The second kappa shape index (κ2) is 5.53. The van der Waals surface area contributed by atoms with Gasteiger partial charge in [0, 0.05) is 25.0 Å². The molecule has 0 amide bonds. The smallest absolute Gasteiger partial charge is 0.348 e. The van der Waals surface area contributed by atoms with Crippen LogP contribution in [0.4, 0.5) is 0 Å². The summed E-state index contributed by atoms with van der Waals surface area (Å²) in [5.41, 5.74) is 0.972. The molecule has 22 heavy (non-hydrogen) atoms. The molecular formula is C14H16N2O4S2. The number of rotatable bonds is 3. The first-order valence-electron chi connectivity index (χ1n) is 6.80. The first-order valence-corrected chi connectivity index (χ1v) is 9.06. The third-order valence-corrected chi connectivity index (χ3v) is 7.32. The predicted octanol–water partition coefficient (Wildman–Crippen LogP) is 2.10. The molecule has 3 rings (SSSR count). The summed E-state index contributed by atoms with van der Waals surface area (Å²) in [6.07, 6.45) is 1.95. The standard InChI is InChI=1S/C14H16N2O4S2/c1-10-11-4-3-7-15(11)8-9-16(10)22(18,19)13-6-5-12(21-13)14(17)20-2/h3-7,10H,8-9H2,1-2H3. The van der Waals surface area contributed by atoms with E-state index in [9.17, 15) is 13.2 Å². The van der Waals surface area contributed by atoms with Crippen LogP contribution >= 0.6 is 11.3 Å². The van der Waals surface area contributed by atoms with Gasteiger partial charge in [0.15, 0.2) is 0 Å². The molecule has 0 fully saturated rings. The molecule has 1 aliphatic rings. The SMILES string of the molecule is COC(=O)c1ccc(S(=O)(=O)N2CCn3cccc3C2C)s1. The second-order valence-electron chi connectivity index (χ2n) is 5.03. The van der Waals surface area contributed by atoms with E-state index in [1.165, 1.54) is 23.5 Å². The molecule has 8 heteroatoms. The molecule has 118 valence electrons. The topological polar surface area (TPSA) is 68.6 Å². The lowest BCUT2D eigenvalue weighted by molar-refractivity contribution is 0.0606. The molecule has 0 saturated carbocycles. The van der Waals surface area contributed by atoms with Gasteiger partial charge >= 0.3 is 5.97 Å². The number of carbonyl (C=O) groups excluding carboxylic acids is 1. The van der Waals surface area contributed by atoms with E-state index in [0.717, 1.165) is 17.0 Å². The molecule has 0 bridgehead atoms. The van der Waals surface area contributed by atoms with Gasteiger partial charge in [-0.2, -0.15) is 4.31 Å². The average molecular weight is 340 g/mol. The Hall–Kier alpha value is -1.64. The fraction of sp³-hybridized carbons (Fsp3) is 0.357. The highest BCUT2D eigenvalue weighted by molar-refractivity contribution is 7.91. The number of fused-ring (bicyclic) bond motifs is 1. The summed E-state index contributed by atoms with van der Waals surface area (Å²) in [7, 11) is -2.35. The molecule has 0 aliphatic carbocycles. The van der Waals surface area contributed by atoms with Crippen molar-refractivity contribution in [2.24, 2.45) is 0 Å². The van der Waals surface area contributed by atoms with Gasteiger partial charge in [-0.3, -0.25) is 0 Å². The van der Waals surface area contributed by atoms with E-state index in [4.69, 9.17) is 0 Å². The molecular weight excluding hydrogens is 324 g/mol. The summed E-state index contributed by atoms with van der Waals surface area (Å²) in [6, 6.07) is 6.56. The van der Waals surface area contributed by atoms with Crippen molar-refractivity contribution in [3.05, 3.63) is 41.0 Å². The maximum atomic E-state index is 12.8. The second-order valence-corrected chi connectivity index (χ2v) is 8.23. The summed E-state index contributed by atoms with van der Waals surface area (Å²) in [5, 5.41) is 0. The maximum absolute atomic E-state index is 12.8. The highest BCUT2D eigenvalue weighted by Gasteiger charge is 2.35. The van der Waals surface area contributed by atoms with Gasteiger partial charge in [0.25, 0.3) is 10.0 Å². The average Bonchev–Trinajstić information content (AvgIpc) is 3.16. The van der Waals surface area contributed by atoms with Gasteiger partial charge in [0.1, 0.15) is 9.09 Å². The van der Waals surface area contributed by atoms with Crippen molar-refractivity contribution in [1.29, 1.82) is 0 Å². The van der Waals surface area contributed by atoms with Crippen molar-refractivity contribution in [2.75, 3.05) is 13.7 Å². The summed E-state index contributed by atoms with van der Waals surface area (Å²) in [6.45, 7) is 2.91. The van der Waals surface area contributed by atoms with Crippen LogP contribution in [0.3, 0.4) is 0 Å². The minimum absolute atomic E-state index is 0.166. The number of thiophene rings is 1. The van der Waals surface area contributed by atoms with Crippen LogP contribution in [0, 0.1) is 0 Å². The first kappa shape index (κ1) is 15.3. The molecule has 0 N–H and O–H groups in total. The number of methoxy groups -OCH3 is 1. The number of ether oxygens (including phenoxy) is 1. The van der Waals surface area contributed by atoms with Gasteiger partial charge < -0.3 is 9.30 Å². The van der Waals surface area contributed by atoms with Crippen LogP contribution in [-0.4, -0.2) is 36.9 Å². The zero-order valence-electron chi connectivity index (χ0n) is 12.2. The summed E-state index contributed by atoms with van der Waals surface area (Å²) in [4.78, 5) is 11.8. The lowest BCUT2D eigenvalue weighted by Crippen LogP contribution is -2.40. The Labute approximate surface area is 133 Å². The van der Waals surface area contributed by atoms with Crippen LogP contribution in [0.2, 0.25) is 0 Å². The van der Waals surface area contributed by atoms with Crippen molar-refractivity contribution >= 4 is 27.3 Å². The Balaban J connectivity index is 1.94. The number of hydrogen-bond donors (Lipinski definition) is 0. The van der Waals surface area contributed by atoms with Gasteiger partial charge in [-0.1, -0.05) is 0 Å². The van der Waals surface area contributed by atoms with Crippen LogP contribution in [0.15, 0.2) is 34.7 Å². The molecule has 1 aliphatic heterocycles. The van der Waals surface area contributed by atoms with Gasteiger partial charge in [-0.25, -0.2) is 13.2 Å². The molecule has 1 unspecified atom stereocenters. The van der Waals surface area contributed by atoms with Crippen LogP contribution in [-0.2, 0) is 21.3 Å². The van der Waals surface area contributed by atoms with E-state index in [0.29, 0.717) is 13.1 Å². The minimum atomic E-state index is -3.62. The van der Waals surface area contributed by atoms with E-state index in [1.54, 1.807) is 0 Å². The van der Waals surface area contributed by atoms with E-state index in [-0.39, 0.29) is 15.1 Å². The van der Waals surface area contributed by atoms with E-state index in [2.05, 4.69) is 9.30 Å². The Morgan fingerprint density at radius 2 is 2.09 bits per heavy atom. The van der Waals surface area contributed by atoms with E-state index < -0.39 is 16.0 Å². The zero-order valence-corrected chi connectivity index (χ0v) is 13.9. The van der Waals surface area contributed by atoms with Crippen molar-refractivity contribution in [3.8, 4) is 0 Å². The van der Waals surface area contributed by atoms with Crippen LogP contribution in [0.1, 0.15) is 28.3 Å². The van der Waals surface area contributed by atoms with Crippen LogP contribution in [0.25, 0.3) is 0 Å². The normalized spacial score (nSPS) is 18.9. The number of nitrogens with zero attached hydrogens (tertiary/aromatic N) is 2. The Kier molecular flexibility index (Phi) is 3.84. The lowest BCUT2D eigenvalue weighted by atomic mass is 10.2. The largest absolute Gasteiger partial charge is 0.465 e. The van der Waals surface area contributed by atoms with Crippen molar-refractivity contribution in [1.82, 2.24) is 8.87 Å². The summed E-state index contributed by atoms with van der Waals surface area (Å²) < 4.78 is 34.0. The van der Waals surface area contributed by atoms with Gasteiger partial charge in [-0.15, -0.1) is 11.3 Å². The molecule has 0 spiro atoms. The highest BCUT2D eigenvalue weighted by Crippen LogP contribution is 2.33. The minimum Gasteiger partial charge on any atom is -0.465 e. The first-order chi connectivity index (χ1) is 10.4. The molecule has 1 atom stereocenters. The Bertz CT molecular complexity index is 806. The molecule has 0 radical (unpaired) electrons. The molecule has 6 nitrogen and oxygen atoms in total. The van der Waals surface area contributed by atoms with Crippen LogP contribution < -0.4 is 0 Å². The summed E-state index contributed by atoms with van der Waals surface area (Å²) >= 11 is 0.941. The van der Waals surface area contributed by atoms with E-state index >= 15 is 0 Å². The molecule has 0 aromatic carbocycles. The fourth-order valence-corrected chi connectivity index (χ4v) is 5.62. The third-order valence-electron chi connectivity index (χ3n) is 3.82. The van der Waals surface area contributed by atoms with Gasteiger partial charge in [0.05, 0.1) is 13.2 Å². The van der Waals surface area contributed by atoms with Gasteiger partial charge in [0.2, 0.25) is 0 Å². The fourth-order valence-electron chi connectivity index (χ4n) is 2.67. The Morgan fingerprint density at radius 1 is 1.32 bits per heavy atom. The maximum Gasteiger partial charge on any atom is 0.348 e. The molecule has 2 aromatic heterocycles. The number of esters is 1. The lowest BCUT2D eigenvalue weighted by Gasteiger charge is -2.33. The highest BCUT2D eigenvalue weighted by atomic mass is 32.2. The number of aromatic nitrogens is 1. The number of hydrogen-bond acceptors (Lipinski definition) is 5.